The molecule has 1 aromatic heterocycles. The lowest BCUT2D eigenvalue weighted by Crippen LogP contribution is -2.16. The van der Waals surface area contributed by atoms with Gasteiger partial charge >= 0.3 is 6.36 Å². The standard InChI is InChI=1S/C15H8ClF3N2O3S/c16-7-1-4-11(22)9(5-7)13(23)21-14-20-10-3-2-8(6-12(10)25-14)24-15(17,18)19/h1-6,22H,(H,20,21,23). The predicted molar refractivity (Wildman–Crippen MR) is 87.4 cm³/mol. The fourth-order valence-electron chi connectivity index (χ4n) is 2.01. The Balaban J connectivity index is 1.84. The van der Waals surface area contributed by atoms with Crippen LogP contribution in [0.25, 0.3) is 10.2 Å². The van der Waals surface area contributed by atoms with Crippen LogP contribution in [0.2, 0.25) is 5.02 Å². The average Bonchev–Trinajstić information content (AvgIpc) is 2.89. The van der Waals surface area contributed by atoms with Crippen LogP contribution in [0.15, 0.2) is 36.4 Å². The molecule has 0 bridgehead atoms. The fourth-order valence-corrected chi connectivity index (χ4v) is 3.07. The number of carbonyl (C=O) groups is 1. The molecule has 0 aliphatic carbocycles. The van der Waals surface area contributed by atoms with Crippen LogP contribution >= 0.6 is 22.9 Å². The van der Waals surface area contributed by atoms with Crippen molar-refractivity contribution in [1.82, 2.24) is 4.98 Å². The van der Waals surface area contributed by atoms with Gasteiger partial charge in [0.15, 0.2) is 5.13 Å². The number of phenols is 1. The lowest BCUT2D eigenvalue weighted by Gasteiger charge is -2.07. The second kappa shape index (κ2) is 6.41. The maximum atomic E-state index is 12.3. The number of ether oxygens (including phenoxy) is 1. The molecule has 2 aromatic carbocycles. The largest absolute Gasteiger partial charge is 0.573 e. The van der Waals surface area contributed by atoms with Crippen molar-refractivity contribution in [2.75, 3.05) is 5.32 Å². The Labute approximate surface area is 147 Å². The van der Waals surface area contributed by atoms with E-state index >= 15 is 0 Å². The van der Waals surface area contributed by atoms with Crippen LogP contribution in [-0.2, 0) is 0 Å². The molecular weight excluding hydrogens is 381 g/mol. The van der Waals surface area contributed by atoms with Crippen molar-refractivity contribution < 1.29 is 27.8 Å². The molecule has 3 aromatic rings. The molecule has 130 valence electrons. The van der Waals surface area contributed by atoms with Gasteiger partial charge in [-0.25, -0.2) is 4.98 Å². The van der Waals surface area contributed by atoms with Crippen LogP contribution in [0, 0.1) is 0 Å². The summed E-state index contributed by atoms with van der Waals surface area (Å²) in [5.74, 6) is -1.29. The Bertz CT molecular complexity index is 959. The number of phenolic OH excluding ortho intramolecular Hbond substituents is 1. The molecule has 0 atom stereocenters. The number of nitrogens with zero attached hydrogens (tertiary/aromatic N) is 1. The number of carbonyl (C=O) groups excluding carboxylic acids is 1. The van der Waals surface area contributed by atoms with E-state index in [1.807, 2.05) is 0 Å². The number of fused-ring (bicyclic) bond motifs is 1. The number of rotatable bonds is 3. The van der Waals surface area contributed by atoms with Crippen molar-refractivity contribution in [1.29, 1.82) is 0 Å². The van der Waals surface area contributed by atoms with Crippen LogP contribution in [0.5, 0.6) is 11.5 Å². The van der Waals surface area contributed by atoms with Crippen LogP contribution in [0.3, 0.4) is 0 Å². The molecule has 0 aliphatic rings. The molecule has 0 aliphatic heterocycles. The van der Waals surface area contributed by atoms with Gasteiger partial charge in [-0.05, 0) is 30.3 Å². The second-order valence-corrected chi connectivity index (χ2v) is 6.28. The van der Waals surface area contributed by atoms with Gasteiger partial charge in [0.05, 0.1) is 15.8 Å². The lowest BCUT2D eigenvalue weighted by atomic mass is 10.2. The summed E-state index contributed by atoms with van der Waals surface area (Å²) in [7, 11) is 0. The third kappa shape index (κ3) is 4.12. The molecule has 25 heavy (non-hydrogen) atoms. The van der Waals surface area contributed by atoms with E-state index in [0.717, 1.165) is 17.4 Å². The number of nitrogens with one attached hydrogen (secondary N) is 1. The molecule has 1 heterocycles. The number of halogens is 4. The Hall–Kier alpha value is -2.52. The summed E-state index contributed by atoms with van der Waals surface area (Å²) >= 11 is 6.75. The summed E-state index contributed by atoms with van der Waals surface area (Å²) in [6, 6.07) is 7.63. The van der Waals surface area contributed by atoms with Crippen molar-refractivity contribution in [2.24, 2.45) is 0 Å². The Morgan fingerprint density at radius 1 is 1.24 bits per heavy atom. The number of amides is 1. The fraction of sp³-hybridized carbons (Fsp3) is 0.0667. The number of aromatic nitrogens is 1. The number of benzene rings is 2. The summed E-state index contributed by atoms with van der Waals surface area (Å²) in [6.07, 6.45) is -4.79. The normalized spacial score (nSPS) is 11.5. The first-order chi connectivity index (χ1) is 11.7. The minimum atomic E-state index is -4.79. The average molecular weight is 389 g/mol. The Morgan fingerprint density at radius 3 is 2.72 bits per heavy atom. The SMILES string of the molecule is O=C(Nc1nc2ccc(OC(F)(F)F)cc2s1)c1cc(Cl)ccc1O. The van der Waals surface area contributed by atoms with E-state index in [4.69, 9.17) is 11.6 Å². The molecular formula is C15H8ClF3N2O3S. The van der Waals surface area contributed by atoms with Crippen LogP contribution in [0.1, 0.15) is 10.4 Å². The van der Waals surface area contributed by atoms with Crippen molar-refractivity contribution in [3.05, 3.63) is 47.0 Å². The van der Waals surface area contributed by atoms with Crippen LogP contribution in [0.4, 0.5) is 18.3 Å². The van der Waals surface area contributed by atoms with Gasteiger partial charge in [0.1, 0.15) is 11.5 Å². The summed E-state index contributed by atoms with van der Waals surface area (Å²) < 4.78 is 41.0. The summed E-state index contributed by atoms with van der Waals surface area (Å²) in [4.78, 5) is 16.3. The third-order valence-electron chi connectivity index (χ3n) is 3.02. The van der Waals surface area contributed by atoms with Gasteiger partial charge in [-0.2, -0.15) is 0 Å². The second-order valence-electron chi connectivity index (χ2n) is 4.81. The van der Waals surface area contributed by atoms with E-state index in [1.54, 1.807) is 0 Å². The van der Waals surface area contributed by atoms with E-state index < -0.39 is 12.3 Å². The van der Waals surface area contributed by atoms with E-state index in [2.05, 4.69) is 15.0 Å². The Morgan fingerprint density at radius 2 is 2.00 bits per heavy atom. The zero-order chi connectivity index (χ0) is 18.2. The number of anilines is 1. The summed E-state index contributed by atoms with van der Waals surface area (Å²) in [5.41, 5.74) is 0.345. The van der Waals surface area contributed by atoms with E-state index in [0.29, 0.717) is 10.2 Å². The molecule has 3 rings (SSSR count). The highest BCUT2D eigenvalue weighted by atomic mass is 35.5. The molecule has 1 amide bonds. The number of hydrogen-bond acceptors (Lipinski definition) is 5. The molecule has 0 saturated carbocycles. The zero-order valence-electron chi connectivity index (χ0n) is 12.1. The molecule has 0 spiro atoms. The minimum Gasteiger partial charge on any atom is -0.507 e. The maximum Gasteiger partial charge on any atom is 0.573 e. The predicted octanol–water partition coefficient (Wildman–Crippen LogP) is 4.81. The minimum absolute atomic E-state index is 0.0483. The maximum absolute atomic E-state index is 12.3. The van der Waals surface area contributed by atoms with Gasteiger partial charge in [0.25, 0.3) is 5.91 Å². The molecule has 5 nitrogen and oxygen atoms in total. The highest BCUT2D eigenvalue weighted by Crippen LogP contribution is 2.32. The van der Waals surface area contributed by atoms with Crippen LogP contribution < -0.4 is 10.1 Å². The van der Waals surface area contributed by atoms with Gasteiger partial charge < -0.3 is 9.84 Å². The first kappa shape index (κ1) is 17.3. The van der Waals surface area contributed by atoms with Crippen molar-refractivity contribution in [2.45, 2.75) is 6.36 Å². The Kier molecular flexibility index (Phi) is 4.44. The van der Waals surface area contributed by atoms with E-state index in [1.165, 1.54) is 30.3 Å². The summed E-state index contributed by atoms with van der Waals surface area (Å²) in [6.45, 7) is 0. The zero-order valence-corrected chi connectivity index (χ0v) is 13.7. The number of hydrogen-bond donors (Lipinski definition) is 2. The molecule has 0 fully saturated rings. The first-order valence-electron chi connectivity index (χ1n) is 6.67. The summed E-state index contributed by atoms with van der Waals surface area (Å²) in [5, 5.41) is 12.6. The van der Waals surface area contributed by atoms with Gasteiger partial charge in [0.2, 0.25) is 0 Å². The third-order valence-corrected chi connectivity index (χ3v) is 4.19. The first-order valence-corrected chi connectivity index (χ1v) is 7.87. The van der Waals surface area contributed by atoms with Crippen LogP contribution in [-0.4, -0.2) is 22.4 Å². The molecule has 2 N–H and O–H groups in total. The highest BCUT2D eigenvalue weighted by Gasteiger charge is 2.31. The van der Waals surface area contributed by atoms with Gasteiger partial charge in [-0.1, -0.05) is 22.9 Å². The number of thiazole rings is 1. The van der Waals surface area contributed by atoms with Gasteiger partial charge in [-0.3, -0.25) is 10.1 Å². The number of aromatic hydroxyl groups is 1. The molecule has 10 heteroatoms. The lowest BCUT2D eigenvalue weighted by molar-refractivity contribution is -0.274. The van der Waals surface area contributed by atoms with Crippen molar-refractivity contribution >= 4 is 44.2 Å². The van der Waals surface area contributed by atoms with Gasteiger partial charge in [0, 0.05) is 11.1 Å². The highest BCUT2D eigenvalue weighted by molar-refractivity contribution is 7.22. The van der Waals surface area contributed by atoms with Crippen molar-refractivity contribution in [3.8, 4) is 11.5 Å². The smallest absolute Gasteiger partial charge is 0.507 e. The monoisotopic (exact) mass is 388 g/mol. The molecule has 0 unspecified atom stereocenters. The van der Waals surface area contributed by atoms with Gasteiger partial charge in [-0.15, -0.1) is 13.2 Å². The molecule has 0 radical (unpaired) electrons. The molecule has 0 saturated heterocycles. The van der Waals surface area contributed by atoms with E-state index in [9.17, 15) is 23.1 Å². The quantitative estimate of drug-likeness (QED) is 0.675. The van der Waals surface area contributed by atoms with Crippen molar-refractivity contribution in [3.63, 3.8) is 0 Å². The topological polar surface area (TPSA) is 71.5 Å². The van der Waals surface area contributed by atoms with E-state index in [-0.39, 0.29) is 27.2 Å². The number of alkyl halides is 3.